The second-order valence-electron chi connectivity index (χ2n) is 6.15. The minimum absolute atomic E-state index is 0.627. The predicted octanol–water partition coefficient (Wildman–Crippen LogP) is 4.91. The van der Waals surface area contributed by atoms with Crippen LogP contribution in [0.2, 0.25) is 0 Å². The quantitative estimate of drug-likeness (QED) is 0.667. The number of benzene rings is 2. The lowest BCUT2D eigenvalue weighted by Gasteiger charge is -2.11. The SMILES string of the molecule is Cc1cccc(OCCNc2cccc(OCCC(C)C)c2)c1. The van der Waals surface area contributed by atoms with Crippen LogP contribution in [0.1, 0.15) is 25.8 Å². The van der Waals surface area contributed by atoms with Crippen LogP contribution in [-0.4, -0.2) is 19.8 Å². The highest BCUT2D eigenvalue weighted by atomic mass is 16.5. The fourth-order valence-corrected chi connectivity index (χ4v) is 2.18. The van der Waals surface area contributed by atoms with Gasteiger partial charge in [0.05, 0.1) is 6.61 Å². The molecule has 2 rings (SSSR count). The van der Waals surface area contributed by atoms with E-state index in [0.29, 0.717) is 12.5 Å². The van der Waals surface area contributed by atoms with Crippen molar-refractivity contribution in [2.45, 2.75) is 27.2 Å². The van der Waals surface area contributed by atoms with E-state index in [2.05, 4.69) is 32.2 Å². The lowest BCUT2D eigenvalue weighted by Crippen LogP contribution is -2.11. The van der Waals surface area contributed by atoms with Crippen LogP contribution in [0.5, 0.6) is 11.5 Å². The summed E-state index contributed by atoms with van der Waals surface area (Å²) in [6, 6.07) is 16.2. The van der Waals surface area contributed by atoms with Crippen LogP contribution >= 0.6 is 0 Å². The van der Waals surface area contributed by atoms with Gasteiger partial charge in [-0.05, 0) is 49.1 Å². The summed E-state index contributed by atoms with van der Waals surface area (Å²) < 4.78 is 11.5. The molecule has 2 aromatic carbocycles. The Morgan fingerprint density at radius 1 is 0.913 bits per heavy atom. The van der Waals surface area contributed by atoms with Gasteiger partial charge >= 0.3 is 0 Å². The Morgan fingerprint density at radius 2 is 1.61 bits per heavy atom. The third-order valence-corrected chi connectivity index (χ3v) is 3.49. The number of aryl methyl sites for hydroxylation is 1. The molecule has 0 spiro atoms. The van der Waals surface area contributed by atoms with Gasteiger partial charge in [-0.25, -0.2) is 0 Å². The number of ether oxygens (including phenoxy) is 2. The Bertz CT molecular complexity index is 596. The number of hydrogen-bond donors (Lipinski definition) is 1. The summed E-state index contributed by atoms with van der Waals surface area (Å²) in [5, 5.41) is 3.36. The van der Waals surface area contributed by atoms with Crippen molar-refractivity contribution in [3.8, 4) is 11.5 Å². The Hall–Kier alpha value is -2.16. The van der Waals surface area contributed by atoms with E-state index in [0.717, 1.165) is 36.8 Å². The van der Waals surface area contributed by atoms with Crippen molar-refractivity contribution in [1.82, 2.24) is 0 Å². The molecule has 124 valence electrons. The molecular weight excluding hydrogens is 286 g/mol. The summed E-state index contributed by atoms with van der Waals surface area (Å²) >= 11 is 0. The standard InChI is InChI=1S/C20H27NO2/c1-16(2)10-12-22-20-9-5-7-18(15-20)21-11-13-23-19-8-4-6-17(3)14-19/h4-9,14-16,21H,10-13H2,1-3H3. The van der Waals surface area contributed by atoms with Crippen molar-refractivity contribution < 1.29 is 9.47 Å². The van der Waals surface area contributed by atoms with E-state index in [1.165, 1.54) is 5.56 Å². The molecule has 3 heteroatoms. The molecule has 0 saturated carbocycles. The Balaban J connectivity index is 1.73. The topological polar surface area (TPSA) is 30.5 Å². The first-order valence-corrected chi connectivity index (χ1v) is 8.29. The molecule has 0 unspecified atom stereocenters. The normalized spacial score (nSPS) is 10.6. The van der Waals surface area contributed by atoms with Crippen molar-refractivity contribution in [3.63, 3.8) is 0 Å². The van der Waals surface area contributed by atoms with Gasteiger partial charge in [-0.3, -0.25) is 0 Å². The zero-order valence-corrected chi connectivity index (χ0v) is 14.3. The molecule has 0 heterocycles. The van der Waals surface area contributed by atoms with Crippen LogP contribution < -0.4 is 14.8 Å². The molecular formula is C20H27NO2. The molecule has 0 bridgehead atoms. The summed E-state index contributed by atoms with van der Waals surface area (Å²) in [7, 11) is 0. The van der Waals surface area contributed by atoms with E-state index < -0.39 is 0 Å². The fourth-order valence-electron chi connectivity index (χ4n) is 2.18. The summed E-state index contributed by atoms with van der Waals surface area (Å²) in [5.41, 5.74) is 2.27. The minimum atomic E-state index is 0.627. The molecule has 0 aliphatic heterocycles. The van der Waals surface area contributed by atoms with Gasteiger partial charge in [0.25, 0.3) is 0 Å². The Kier molecular flexibility index (Phi) is 6.79. The third kappa shape index (κ3) is 6.64. The lowest BCUT2D eigenvalue weighted by molar-refractivity contribution is 0.289. The molecule has 2 aromatic rings. The van der Waals surface area contributed by atoms with Crippen molar-refractivity contribution in [3.05, 3.63) is 54.1 Å². The van der Waals surface area contributed by atoms with Gasteiger partial charge in [0.1, 0.15) is 18.1 Å². The van der Waals surface area contributed by atoms with Crippen LogP contribution in [0.3, 0.4) is 0 Å². The van der Waals surface area contributed by atoms with Gasteiger partial charge in [0.2, 0.25) is 0 Å². The van der Waals surface area contributed by atoms with Crippen LogP contribution in [0, 0.1) is 12.8 Å². The molecule has 1 N–H and O–H groups in total. The van der Waals surface area contributed by atoms with Gasteiger partial charge in [0.15, 0.2) is 0 Å². The minimum Gasteiger partial charge on any atom is -0.494 e. The molecule has 0 saturated heterocycles. The van der Waals surface area contributed by atoms with Gasteiger partial charge < -0.3 is 14.8 Å². The van der Waals surface area contributed by atoms with Crippen molar-refractivity contribution >= 4 is 5.69 Å². The second kappa shape index (κ2) is 9.09. The second-order valence-corrected chi connectivity index (χ2v) is 6.15. The highest BCUT2D eigenvalue weighted by Gasteiger charge is 1.99. The summed E-state index contributed by atoms with van der Waals surface area (Å²) in [6.45, 7) is 8.61. The first-order chi connectivity index (χ1) is 11.1. The fraction of sp³-hybridized carbons (Fsp3) is 0.400. The van der Waals surface area contributed by atoms with E-state index in [4.69, 9.17) is 9.47 Å². The van der Waals surface area contributed by atoms with E-state index in [9.17, 15) is 0 Å². The lowest BCUT2D eigenvalue weighted by atomic mass is 10.1. The van der Waals surface area contributed by atoms with Gasteiger partial charge in [-0.2, -0.15) is 0 Å². The molecule has 0 fully saturated rings. The van der Waals surface area contributed by atoms with Gasteiger partial charge in [-0.1, -0.05) is 32.0 Å². The number of hydrogen-bond acceptors (Lipinski definition) is 3. The van der Waals surface area contributed by atoms with Crippen molar-refractivity contribution in [2.75, 3.05) is 25.1 Å². The average molecular weight is 313 g/mol. The predicted molar refractivity (Wildman–Crippen MR) is 96.6 cm³/mol. The molecule has 23 heavy (non-hydrogen) atoms. The van der Waals surface area contributed by atoms with Gasteiger partial charge in [-0.15, -0.1) is 0 Å². The maximum absolute atomic E-state index is 5.78. The molecule has 0 aliphatic carbocycles. The van der Waals surface area contributed by atoms with Crippen LogP contribution in [0.4, 0.5) is 5.69 Å². The van der Waals surface area contributed by atoms with E-state index in [-0.39, 0.29) is 0 Å². The largest absolute Gasteiger partial charge is 0.494 e. The maximum atomic E-state index is 5.78. The number of nitrogens with one attached hydrogen (secondary N) is 1. The zero-order valence-electron chi connectivity index (χ0n) is 14.3. The third-order valence-electron chi connectivity index (χ3n) is 3.49. The summed E-state index contributed by atoms with van der Waals surface area (Å²) in [4.78, 5) is 0. The Morgan fingerprint density at radius 3 is 2.35 bits per heavy atom. The van der Waals surface area contributed by atoms with E-state index in [1.54, 1.807) is 0 Å². The molecule has 3 nitrogen and oxygen atoms in total. The Labute approximate surface area is 139 Å². The monoisotopic (exact) mass is 313 g/mol. The number of rotatable bonds is 9. The van der Waals surface area contributed by atoms with E-state index in [1.807, 2.05) is 42.5 Å². The number of anilines is 1. The van der Waals surface area contributed by atoms with Crippen molar-refractivity contribution in [1.29, 1.82) is 0 Å². The molecule has 0 aromatic heterocycles. The highest BCUT2D eigenvalue weighted by Crippen LogP contribution is 2.18. The molecule has 0 atom stereocenters. The summed E-state index contributed by atoms with van der Waals surface area (Å²) in [6.07, 6.45) is 1.07. The first-order valence-electron chi connectivity index (χ1n) is 8.29. The van der Waals surface area contributed by atoms with Crippen molar-refractivity contribution in [2.24, 2.45) is 5.92 Å². The maximum Gasteiger partial charge on any atom is 0.121 e. The highest BCUT2D eigenvalue weighted by molar-refractivity contribution is 5.48. The van der Waals surface area contributed by atoms with Crippen LogP contribution in [-0.2, 0) is 0 Å². The summed E-state index contributed by atoms with van der Waals surface area (Å²) in [5.74, 6) is 2.49. The van der Waals surface area contributed by atoms with Crippen LogP contribution in [0.25, 0.3) is 0 Å². The molecule has 0 aliphatic rings. The zero-order chi connectivity index (χ0) is 16.5. The van der Waals surface area contributed by atoms with Gasteiger partial charge in [0, 0.05) is 18.3 Å². The molecule has 0 amide bonds. The van der Waals surface area contributed by atoms with Crippen LogP contribution in [0.15, 0.2) is 48.5 Å². The smallest absolute Gasteiger partial charge is 0.121 e. The first kappa shape index (κ1) is 17.2. The average Bonchev–Trinajstić information content (AvgIpc) is 2.52. The molecule has 0 radical (unpaired) electrons. The van der Waals surface area contributed by atoms with E-state index >= 15 is 0 Å².